The molecule has 0 aromatic rings. The Balaban J connectivity index is 2.36. The summed E-state index contributed by atoms with van der Waals surface area (Å²) in [6, 6.07) is 0.786. The van der Waals surface area contributed by atoms with Crippen molar-refractivity contribution in [3.05, 3.63) is 0 Å². The highest BCUT2D eigenvalue weighted by Gasteiger charge is 2.27. The molecule has 1 N–H and O–H groups in total. The molecule has 1 rings (SSSR count). The normalized spacial score (nSPS) is 26.4. The fourth-order valence-corrected chi connectivity index (χ4v) is 4.12. The van der Waals surface area contributed by atoms with Crippen molar-refractivity contribution in [1.29, 1.82) is 0 Å². The maximum atomic E-state index is 3.80. The molecule has 0 spiro atoms. The third-order valence-corrected chi connectivity index (χ3v) is 5.33. The predicted molar refractivity (Wildman–Crippen MR) is 91.1 cm³/mol. The van der Waals surface area contributed by atoms with Crippen molar-refractivity contribution >= 4 is 0 Å². The van der Waals surface area contributed by atoms with Crippen LogP contribution in [0.25, 0.3) is 0 Å². The third-order valence-electron chi connectivity index (χ3n) is 5.33. The highest BCUT2D eigenvalue weighted by atomic mass is 14.9. The lowest BCUT2D eigenvalue weighted by Crippen LogP contribution is -2.39. The summed E-state index contributed by atoms with van der Waals surface area (Å²) in [5.41, 5.74) is 0. The Labute approximate surface area is 128 Å². The van der Waals surface area contributed by atoms with Crippen LogP contribution in [0.2, 0.25) is 0 Å². The molecule has 1 aliphatic carbocycles. The zero-order chi connectivity index (χ0) is 14.8. The SMILES string of the molecule is CCCCC1CCC(C(CC(C)CCC)NCC)CC1. The Hall–Kier alpha value is -0.0400. The molecule has 0 heterocycles. The lowest BCUT2D eigenvalue weighted by Gasteiger charge is -2.35. The molecule has 1 aliphatic rings. The molecule has 20 heavy (non-hydrogen) atoms. The van der Waals surface area contributed by atoms with Gasteiger partial charge in [0.2, 0.25) is 0 Å². The summed E-state index contributed by atoms with van der Waals surface area (Å²) < 4.78 is 0. The summed E-state index contributed by atoms with van der Waals surface area (Å²) in [6.45, 7) is 10.5. The van der Waals surface area contributed by atoms with Crippen LogP contribution in [0.1, 0.15) is 91.9 Å². The molecule has 1 nitrogen and oxygen atoms in total. The van der Waals surface area contributed by atoms with E-state index in [1.807, 2.05) is 0 Å². The smallest absolute Gasteiger partial charge is 0.00977 e. The van der Waals surface area contributed by atoms with E-state index in [-0.39, 0.29) is 0 Å². The average Bonchev–Trinajstić information content (AvgIpc) is 2.45. The van der Waals surface area contributed by atoms with Crippen molar-refractivity contribution in [2.24, 2.45) is 17.8 Å². The minimum Gasteiger partial charge on any atom is -0.314 e. The number of hydrogen-bond acceptors (Lipinski definition) is 1. The zero-order valence-electron chi connectivity index (χ0n) is 14.6. The lowest BCUT2D eigenvalue weighted by atomic mass is 9.75. The first-order valence-electron chi connectivity index (χ1n) is 9.44. The zero-order valence-corrected chi connectivity index (χ0v) is 14.6. The predicted octanol–water partition coefficient (Wildman–Crippen LogP) is 5.79. The Morgan fingerprint density at radius 3 is 2.25 bits per heavy atom. The molecular weight excluding hydrogens is 242 g/mol. The summed E-state index contributed by atoms with van der Waals surface area (Å²) in [4.78, 5) is 0. The van der Waals surface area contributed by atoms with Crippen LogP contribution in [0.4, 0.5) is 0 Å². The first-order chi connectivity index (χ1) is 9.71. The Morgan fingerprint density at radius 2 is 1.70 bits per heavy atom. The van der Waals surface area contributed by atoms with Crippen LogP contribution in [-0.2, 0) is 0 Å². The minimum absolute atomic E-state index is 0.786. The number of unbranched alkanes of at least 4 members (excludes halogenated alkanes) is 1. The Kier molecular flexibility index (Phi) is 9.59. The molecule has 1 fully saturated rings. The number of rotatable bonds is 10. The largest absolute Gasteiger partial charge is 0.314 e. The molecule has 0 saturated heterocycles. The molecule has 120 valence electrons. The van der Waals surface area contributed by atoms with Gasteiger partial charge in [-0.05, 0) is 43.6 Å². The van der Waals surface area contributed by atoms with Crippen molar-refractivity contribution < 1.29 is 0 Å². The molecule has 0 bridgehead atoms. The topological polar surface area (TPSA) is 12.0 Å². The highest BCUT2D eigenvalue weighted by molar-refractivity contribution is 4.83. The standard InChI is InChI=1S/C19H39N/c1-5-8-10-17-11-13-18(14-12-17)19(20-7-3)15-16(4)9-6-2/h16-20H,5-15H2,1-4H3. The van der Waals surface area contributed by atoms with Gasteiger partial charge < -0.3 is 5.32 Å². The van der Waals surface area contributed by atoms with E-state index in [1.54, 1.807) is 0 Å². The van der Waals surface area contributed by atoms with E-state index >= 15 is 0 Å². The lowest BCUT2D eigenvalue weighted by molar-refractivity contribution is 0.194. The second kappa shape index (κ2) is 10.7. The second-order valence-electron chi connectivity index (χ2n) is 7.22. The van der Waals surface area contributed by atoms with Crippen LogP contribution in [0.3, 0.4) is 0 Å². The van der Waals surface area contributed by atoms with Crippen molar-refractivity contribution in [1.82, 2.24) is 5.32 Å². The molecular formula is C19H39N. The van der Waals surface area contributed by atoms with Crippen molar-refractivity contribution in [2.45, 2.75) is 97.9 Å². The van der Waals surface area contributed by atoms with Crippen LogP contribution >= 0.6 is 0 Å². The van der Waals surface area contributed by atoms with E-state index < -0.39 is 0 Å². The van der Waals surface area contributed by atoms with Crippen LogP contribution in [0, 0.1) is 17.8 Å². The Bertz CT molecular complexity index is 218. The fraction of sp³-hybridized carbons (Fsp3) is 1.00. The van der Waals surface area contributed by atoms with Crippen LogP contribution in [0.15, 0.2) is 0 Å². The van der Waals surface area contributed by atoms with E-state index in [1.165, 1.54) is 64.2 Å². The van der Waals surface area contributed by atoms with E-state index in [4.69, 9.17) is 0 Å². The van der Waals surface area contributed by atoms with E-state index in [2.05, 4.69) is 33.0 Å². The molecule has 0 radical (unpaired) electrons. The molecule has 0 amide bonds. The van der Waals surface area contributed by atoms with Gasteiger partial charge in [0.05, 0.1) is 0 Å². The molecule has 2 atom stereocenters. The van der Waals surface area contributed by atoms with Gasteiger partial charge in [-0.3, -0.25) is 0 Å². The molecule has 0 aliphatic heterocycles. The Morgan fingerprint density at radius 1 is 1.00 bits per heavy atom. The minimum atomic E-state index is 0.786. The van der Waals surface area contributed by atoms with Gasteiger partial charge in [-0.1, -0.05) is 72.6 Å². The summed E-state index contributed by atoms with van der Waals surface area (Å²) in [5, 5.41) is 3.80. The van der Waals surface area contributed by atoms with Crippen molar-refractivity contribution in [3.8, 4) is 0 Å². The van der Waals surface area contributed by atoms with Crippen LogP contribution in [-0.4, -0.2) is 12.6 Å². The van der Waals surface area contributed by atoms with Gasteiger partial charge in [-0.15, -0.1) is 0 Å². The van der Waals surface area contributed by atoms with Crippen molar-refractivity contribution in [3.63, 3.8) is 0 Å². The molecule has 1 heteroatoms. The fourth-order valence-electron chi connectivity index (χ4n) is 4.12. The summed E-state index contributed by atoms with van der Waals surface area (Å²) >= 11 is 0. The quantitative estimate of drug-likeness (QED) is 0.534. The monoisotopic (exact) mass is 281 g/mol. The number of hydrogen-bond donors (Lipinski definition) is 1. The summed E-state index contributed by atoms with van der Waals surface area (Å²) in [7, 11) is 0. The maximum Gasteiger partial charge on any atom is 0.00977 e. The third kappa shape index (κ3) is 6.61. The van der Waals surface area contributed by atoms with Gasteiger partial charge in [0.15, 0.2) is 0 Å². The van der Waals surface area contributed by atoms with Gasteiger partial charge >= 0.3 is 0 Å². The van der Waals surface area contributed by atoms with E-state index in [0.717, 1.165) is 30.3 Å². The van der Waals surface area contributed by atoms with Gasteiger partial charge in [0.25, 0.3) is 0 Å². The van der Waals surface area contributed by atoms with Gasteiger partial charge in [-0.25, -0.2) is 0 Å². The molecule has 1 saturated carbocycles. The van der Waals surface area contributed by atoms with E-state index in [0.29, 0.717) is 0 Å². The van der Waals surface area contributed by atoms with Gasteiger partial charge in [-0.2, -0.15) is 0 Å². The molecule has 0 aromatic heterocycles. The van der Waals surface area contributed by atoms with Crippen LogP contribution in [0.5, 0.6) is 0 Å². The summed E-state index contributed by atoms with van der Waals surface area (Å²) in [6.07, 6.45) is 14.4. The maximum absolute atomic E-state index is 3.80. The number of nitrogens with one attached hydrogen (secondary N) is 1. The van der Waals surface area contributed by atoms with Gasteiger partial charge in [0.1, 0.15) is 0 Å². The van der Waals surface area contributed by atoms with Crippen LogP contribution < -0.4 is 5.32 Å². The molecule has 0 aromatic carbocycles. The first-order valence-corrected chi connectivity index (χ1v) is 9.44. The molecule has 2 unspecified atom stereocenters. The van der Waals surface area contributed by atoms with Gasteiger partial charge in [0, 0.05) is 6.04 Å². The van der Waals surface area contributed by atoms with Crippen molar-refractivity contribution in [2.75, 3.05) is 6.54 Å². The summed E-state index contributed by atoms with van der Waals surface area (Å²) in [5.74, 6) is 2.88. The van der Waals surface area contributed by atoms with E-state index in [9.17, 15) is 0 Å². The first kappa shape index (κ1) is 18.0. The average molecular weight is 282 g/mol. The second-order valence-corrected chi connectivity index (χ2v) is 7.22. The highest BCUT2D eigenvalue weighted by Crippen LogP contribution is 2.35.